The van der Waals surface area contributed by atoms with Crippen LogP contribution in [0.25, 0.3) is 33.6 Å². The van der Waals surface area contributed by atoms with Crippen LogP contribution in [0.4, 0.5) is 0 Å². The van der Waals surface area contributed by atoms with Crippen molar-refractivity contribution in [1.29, 1.82) is 0 Å². The number of nitrogens with zero attached hydrogens (tertiary/aromatic N) is 2. The SMILES string of the molecule is C[Si](C)(C)c1ccc(-c2[c-]cccc2)nc1.[Ir].[c-]1ccc(-c2ccccc2)cc1-c1cc(Cc2ccccc2)ccn1. The number of hydrogen-bond donors (Lipinski definition) is 0. The number of hydrogen-bond acceptors (Lipinski definition) is 2. The Kier molecular flexibility index (Phi) is 10.9. The van der Waals surface area contributed by atoms with Crippen LogP contribution < -0.4 is 5.19 Å². The molecule has 6 rings (SSSR count). The van der Waals surface area contributed by atoms with Crippen molar-refractivity contribution in [2.45, 2.75) is 26.1 Å². The van der Waals surface area contributed by atoms with Crippen LogP contribution >= 0.6 is 0 Å². The van der Waals surface area contributed by atoms with Crippen molar-refractivity contribution in [3.05, 3.63) is 163 Å². The van der Waals surface area contributed by atoms with E-state index in [2.05, 4.69) is 127 Å². The second-order valence-corrected chi connectivity index (χ2v) is 16.1. The summed E-state index contributed by atoms with van der Waals surface area (Å²) in [5.41, 5.74) is 9.01. The van der Waals surface area contributed by atoms with Gasteiger partial charge in [-0.1, -0.05) is 98.5 Å². The summed E-state index contributed by atoms with van der Waals surface area (Å²) < 4.78 is 0. The smallest absolute Gasteiger partial charge is 0.0795 e. The predicted octanol–water partition coefficient (Wildman–Crippen LogP) is 8.90. The molecule has 42 heavy (non-hydrogen) atoms. The second-order valence-electron chi connectivity index (χ2n) is 11.0. The van der Waals surface area contributed by atoms with Gasteiger partial charge in [0.2, 0.25) is 0 Å². The van der Waals surface area contributed by atoms with Gasteiger partial charge in [0.05, 0.1) is 8.07 Å². The molecule has 0 saturated heterocycles. The molecule has 0 amide bonds. The molecule has 6 aromatic rings. The summed E-state index contributed by atoms with van der Waals surface area (Å²) in [6.45, 7) is 7.00. The fourth-order valence-electron chi connectivity index (χ4n) is 4.54. The molecule has 0 saturated carbocycles. The first-order valence-electron chi connectivity index (χ1n) is 14.0. The predicted molar refractivity (Wildman–Crippen MR) is 175 cm³/mol. The zero-order valence-corrected chi connectivity index (χ0v) is 27.6. The molecule has 1 radical (unpaired) electrons. The van der Waals surface area contributed by atoms with Gasteiger partial charge in [-0.05, 0) is 45.8 Å². The van der Waals surface area contributed by atoms with Crippen LogP contribution in [0.1, 0.15) is 11.1 Å². The van der Waals surface area contributed by atoms with E-state index in [1.807, 2.05) is 54.9 Å². The zero-order chi connectivity index (χ0) is 28.5. The standard InChI is InChI=1S/C24H18N.C14H16NSi.Ir/c1-3-8-19(9-4-1)16-20-14-15-25-24(17-20)23-13-7-12-22(18-23)21-10-5-2-6-11-21;1-16(2,3)13-9-10-14(15-11-13)12-7-5-4-6-8-12;/h1-12,14-15,17-18H,16H2;4-7,9-11H,1-3H3;/q2*-1;. The number of aromatic nitrogens is 2. The molecule has 0 N–H and O–H groups in total. The third kappa shape index (κ3) is 8.53. The zero-order valence-electron chi connectivity index (χ0n) is 24.2. The van der Waals surface area contributed by atoms with Gasteiger partial charge in [-0.2, -0.15) is 0 Å². The molecule has 4 aromatic carbocycles. The van der Waals surface area contributed by atoms with E-state index < -0.39 is 8.07 Å². The fourth-order valence-corrected chi connectivity index (χ4v) is 5.57. The minimum absolute atomic E-state index is 0. The molecular weight excluding hydrogens is 705 g/mol. The van der Waals surface area contributed by atoms with Crippen LogP contribution in [0.2, 0.25) is 19.6 Å². The van der Waals surface area contributed by atoms with Crippen molar-refractivity contribution in [2.24, 2.45) is 0 Å². The maximum Gasteiger partial charge on any atom is 0.0795 e. The number of pyridine rings is 2. The molecule has 0 spiro atoms. The van der Waals surface area contributed by atoms with E-state index >= 15 is 0 Å². The summed E-state index contributed by atoms with van der Waals surface area (Å²) in [6.07, 6.45) is 4.81. The quantitative estimate of drug-likeness (QED) is 0.126. The third-order valence-corrected chi connectivity index (χ3v) is 8.90. The van der Waals surface area contributed by atoms with Gasteiger partial charge in [0.25, 0.3) is 0 Å². The minimum atomic E-state index is -1.23. The first kappa shape index (κ1) is 31.0. The molecule has 0 bridgehead atoms. The Morgan fingerprint density at radius 2 is 1.29 bits per heavy atom. The second kappa shape index (κ2) is 14.8. The molecule has 0 aliphatic carbocycles. The Balaban J connectivity index is 0.000000207. The topological polar surface area (TPSA) is 25.8 Å². The minimum Gasteiger partial charge on any atom is -0.305 e. The summed E-state index contributed by atoms with van der Waals surface area (Å²) in [5, 5.41) is 1.40. The van der Waals surface area contributed by atoms with Crippen LogP contribution in [0.5, 0.6) is 0 Å². The average molecular weight is 739 g/mol. The first-order valence-corrected chi connectivity index (χ1v) is 17.5. The van der Waals surface area contributed by atoms with Crippen LogP contribution in [0.15, 0.2) is 140 Å². The van der Waals surface area contributed by atoms with E-state index in [1.165, 1.54) is 27.4 Å². The van der Waals surface area contributed by atoms with E-state index in [0.717, 1.165) is 28.9 Å². The van der Waals surface area contributed by atoms with E-state index in [4.69, 9.17) is 0 Å². The van der Waals surface area contributed by atoms with Crippen LogP contribution in [0, 0.1) is 12.1 Å². The third-order valence-electron chi connectivity index (χ3n) is 6.87. The largest absolute Gasteiger partial charge is 0.305 e. The van der Waals surface area contributed by atoms with Crippen molar-refractivity contribution in [3.63, 3.8) is 0 Å². The Morgan fingerprint density at radius 3 is 1.95 bits per heavy atom. The van der Waals surface area contributed by atoms with Gasteiger partial charge in [0.15, 0.2) is 0 Å². The molecule has 0 fully saturated rings. The normalized spacial score (nSPS) is 10.6. The van der Waals surface area contributed by atoms with Gasteiger partial charge in [-0.3, -0.25) is 0 Å². The monoisotopic (exact) mass is 739 g/mol. The van der Waals surface area contributed by atoms with Crippen LogP contribution in [-0.4, -0.2) is 18.0 Å². The van der Waals surface area contributed by atoms with Crippen LogP contribution in [-0.2, 0) is 26.5 Å². The van der Waals surface area contributed by atoms with E-state index in [9.17, 15) is 0 Å². The molecule has 0 atom stereocenters. The van der Waals surface area contributed by atoms with Crippen molar-refractivity contribution in [3.8, 4) is 33.6 Å². The Morgan fingerprint density at radius 1 is 0.571 bits per heavy atom. The summed E-state index contributed by atoms with van der Waals surface area (Å²) in [6, 6.07) is 50.1. The summed E-state index contributed by atoms with van der Waals surface area (Å²) in [5.74, 6) is 0. The van der Waals surface area contributed by atoms with Crippen molar-refractivity contribution in [2.75, 3.05) is 0 Å². The maximum absolute atomic E-state index is 4.55. The summed E-state index contributed by atoms with van der Waals surface area (Å²) in [4.78, 5) is 9.07. The number of rotatable bonds is 6. The average Bonchev–Trinajstić information content (AvgIpc) is 3.03. The molecule has 4 heteroatoms. The van der Waals surface area contributed by atoms with E-state index in [1.54, 1.807) is 0 Å². The Bertz CT molecular complexity index is 1660. The van der Waals surface area contributed by atoms with Gasteiger partial charge in [-0.15, -0.1) is 71.3 Å². The summed E-state index contributed by atoms with van der Waals surface area (Å²) in [7, 11) is -1.23. The van der Waals surface area contributed by atoms with Gasteiger partial charge in [-0.25, -0.2) is 0 Å². The van der Waals surface area contributed by atoms with E-state index in [-0.39, 0.29) is 20.1 Å². The number of benzene rings is 4. The van der Waals surface area contributed by atoms with E-state index in [0.29, 0.717) is 0 Å². The molecule has 0 aliphatic heterocycles. The Labute approximate surface area is 264 Å². The summed E-state index contributed by atoms with van der Waals surface area (Å²) >= 11 is 0. The Hall–Kier alpha value is -3.95. The van der Waals surface area contributed by atoms with Crippen molar-refractivity contribution < 1.29 is 20.1 Å². The maximum atomic E-state index is 4.55. The van der Waals surface area contributed by atoms with Crippen LogP contribution in [0.3, 0.4) is 0 Å². The molecular formula is C38H34IrN2Si-2. The fraction of sp³-hybridized carbons (Fsp3) is 0.105. The van der Waals surface area contributed by atoms with Crippen molar-refractivity contribution in [1.82, 2.24) is 9.97 Å². The molecule has 2 nitrogen and oxygen atoms in total. The molecule has 2 heterocycles. The molecule has 2 aromatic heterocycles. The molecule has 0 aliphatic rings. The molecule has 211 valence electrons. The van der Waals surface area contributed by atoms with Gasteiger partial charge in [0.1, 0.15) is 0 Å². The van der Waals surface area contributed by atoms with Gasteiger partial charge in [0, 0.05) is 32.5 Å². The van der Waals surface area contributed by atoms with Crippen molar-refractivity contribution >= 4 is 13.3 Å². The van der Waals surface area contributed by atoms with Gasteiger partial charge >= 0.3 is 0 Å². The first-order chi connectivity index (χ1) is 20.0. The van der Waals surface area contributed by atoms with Gasteiger partial charge < -0.3 is 9.97 Å². The molecule has 0 unspecified atom stereocenters.